The van der Waals surface area contributed by atoms with Crippen molar-refractivity contribution >= 4 is 73.9 Å². The molecular weight excluding hydrogens is 640 g/mol. The van der Waals surface area contributed by atoms with Crippen molar-refractivity contribution in [2.24, 2.45) is 0 Å². The van der Waals surface area contributed by atoms with Crippen LogP contribution in [0.25, 0.3) is 0 Å². The summed E-state index contributed by atoms with van der Waals surface area (Å²) < 4.78 is 28.8. The molecule has 1 aliphatic carbocycles. The number of halogens is 4. The molecule has 1 fully saturated rings. The lowest BCUT2D eigenvalue weighted by molar-refractivity contribution is -0.140. The van der Waals surface area contributed by atoms with Crippen molar-refractivity contribution in [3.63, 3.8) is 0 Å². The first kappa shape index (κ1) is 32.4. The van der Waals surface area contributed by atoms with Gasteiger partial charge in [-0.15, -0.1) is 0 Å². The van der Waals surface area contributed by atoms with Gasteiger partial charge in [0.15, 0.2) is 0 Å². The number of amides is 2. The molecule has 1 saturated carbocycles. The van der Waals surface area contributed by atoms with Crippen LogP contribution in [0, 0.1) is 0 Å². The Balaban J connectivity index is 1.76. The Morgan fingerprint density at radius 3 is 2.14 bits per heavy atom. The molecule has 0 spiro atoms. The monoisotopic (exact) mass is 669 g/mol. The maximum Gasteiger partial charge on any atom is 0.264 e. The number of nitrogens with zero attached hydrogens (tertiary/aromatic N) is 2. The van der Waals surface area contributed by atoms with Gasteiger partial charge in [0.25, 0.3) is 10.0 Å². The van der Waals surface area contributed by atoms with Crippen molar-refractivity contribution in [3.05, 3.63) is 92.4 Å². The first-order chi connectivity index (χ1) is 20.0. The molecule has 2 amide bonds. The number of rotatable bonds is 11. The summed E-state index contributed by atoms with van der Waals surface area (Å²) in [6.07, 6.45) is 4.05. The van der Waals surface area contributed by atoms with Gasteiger partial charge in [-0.05, 0) is 61.7 Å². The van der Waals surface area contributed by atoms with E-state index in [1.54, 1.807) is 43.3 Å². The zero-order chi connectivity index (χ0) is 30.4. The van der Waals surface area contributed by atoms with Crippen LogP contribution < -0.4 is 9.62 Å². The number of benzene rings is 3. The number of anilines is 1. The Hall–Kier alpha value is -2.49. The van der Waals surface area contributed by atoms with Gasteiger partial charge < -0.3 is 10.2 Å². The van der Waals surface area contributed by atoms with Crippen LogP contribution in [-0.2, 0) is 26.2 Å². The number of carbonyl (C=O) groups is 2. The summed E-state index contributed by atoms with van der Waals surface area (Å²) >= 11 is 25.5. The third-order valence-corrected chi connectivity index (χ3v) is 10.3. The van der Waals surface area contributed by atoms with E-state index in [0.29, 0.717) is 20.6 Å². The second-order valence-electron chi connectivity index (χ2n) is 10.1. The standard InChI is InChI=1S/C30H31Cl4N3O4S/c1-2-27(30(39)35-21-9-6-7-10-21)36(18-23-24(32)13-8-14-25(23)33)29(38)19-37(28-16-15-20(31)17-26(28)34)42(40,41)22-11-4-3-5-12-22/h3-5,8,11-17,21,27H,2,6-7,9-10,18-19H2,1H3,(H,35,39)/t27-/m0/s1. The average Bonchev–Trinajstić information content (AvgIpc) is 3.47. The van der Waals surface area contributed by atoms with Crippen LogP contribution in [-0.4, -0.2) is 43.8 Å². The largest absolute Gasteiger partial charge is 0.352 e. The summed E-state index contributed by atoms with van der Waals surface area (Å²) in [5.41, 5.74) is 0.515. The summed E-state index contributed by atoms with van der Waals surface area (Å²) in [6.45, 7) is 1.04. The van der Waals surface area contributed by atoms with E-state index >= 15 is 0 Å². The van der Waals surface area contributed by atoms with E-state index in [0.717, 1.165) is 30.0 Å². The normalized spacial score (nSPS) is 14.4. The topological polar surface area (TPSA) is 86.8 Å². The lowest BCUT2D eigenvalue weighted by atomic mass is 10.1. The van der Waals surface area contributed by atoms with Crippen LogP contribution in [0.15, 0.2) is 71.6 Å². The summed E-state index contributed by atoms with van der Waals surface area (Å²) in [7, 11) is -4.27. The van der Waals surface area contributed by atoms with Crippen molar-refractivity contribution in [2.45, 2.75) is 62.6 Å². The van der Waals surface area contributed by atoms with Crippen molar-refractivity contribution in [1.82, 2.24) is 10.2 Å². The third-order valence-electron chi connectivity index (χ3n) is 7.27. The molecule has 0 saturated heterocycles. The molecule has 1 N–H and O–H groups in total. The van der Waals surface area contributed by atoms with Crippen molar-refractivity contribution < 1.29 is 18.0 Å². The van der Waals surface area contributed by atoms with Gasteiger partial charge in [0.1, 0.15) is 12.6 Å². The van der Waals surface area contributed by atoms with Crippen LogP contribution in [0.1, 0.15) is 44.6 Å². The Bertz CT molecular complexity index is 1510. The minimum Gasteiger partial charge on any atom is -0.352 e. The van der Waals surface area contributed by atoms with E-state index in [-0.39, 0.29) is 40.5 Å². The highest BCUT2D eigenvalue weighted by molar-refractivity contribution is 7.92. The van der Waals surface area contributed by atoms with Crippen molar-refractivity contribution in [1.29, 1.82) is 0 Å². The van der Waals surface area contributed by atoms with Crippen LogP contribution >= 0.6 is 46.4 Å². The quantitative estimate of drug-likeness (QED) is 0.231. The number of carbonyl (C=O) groups excluding carboxylic acids is 2. The van der Waals surface area contributed by atoms with Crippen LogP contribution in [0.5, 0.6) is 0 Å². The van der Waals surface area contributed by atoms with Crippen molar-refractivity contribution in [3.8, 4) is 0 Å². The SMILES string of the molecule is CC[C@@H](C(=O)NC1CCCC1)N(Cc1c(Cl)cccc1Cl)C(=O)CN(c1ccc(Cl)cc1Cl)S(=O)(=O)c1ccccc1. The molecule has 12 heteroatoms. The minimum atomic E-state index is -4.27. The molecular formula is C30H31Cl4N3O4S. The third kappa shape index (κ3) is 7.53. The maximum absolute atomic E-state index is 14.2. The Kier molecular flexibility index (Phi) is 11.1. The highest BCUT2D eigenvalue weighted by Crippen LogP contribution is 2.34. The zero-order valence-electron chi connectivity index (χ0n) is 22.9. The van der Waals surface area contributed by atoms with Crippen molar-refractivity contribution in [2.75, 3.05) is 10.8 Å². The van der Waals surface area contributed by atoms with E-state index in [1.165, 1.54) is 35.2 Å². The molecule has 42 heavy (non-hydrogen) atoms. The van der Waals surface area contributed by atoms with E-state index in [9.17, 15) is 18.0 Å². The summed E-state index contributed by atoms with van der Waals surface area (Å²) in [5.74, 6) is -0.951. The molecule has 224 valence electrons. The van der Waals surface area contributed by atoms with E-state index in [2.05, 4.69) is 5.32 Å². The lowest BCUT2D eigenvalue weighted by Gasteiger charge is -2.34. The number of nitrogens with one attached hydrogen (secondary N) is 1. The van der Waals surface area contributed by atoms with E-state index in [4.69, 9.17) is 46.4 Å². The molecule has 7 nitrogen and oxygen atoms in total. The second-order valence-corrected chi connectivity index (χ2v) is 13.6. The Morgan fingerprint density at radius 1 is 0.905 bits per heavy atom. The summed E-state index contributed by atoms with van der Waals surface area (Å²) in [5, 5.41) is 4.06. The first-order valence-electron chi connectivity index (χ1n) is 13.6. The molecule has 4 rings (SSSR count). The van der Waals surface area contributed by atoms with Gasteiger partial charge in [-0.3, -0.25) is 13.9 Å². The smallest absolute Gasteiger partial charge is 0.264 e. The molecule has 0 radical (unpaired) electrons. The highest BCUT2D eigenvalue weighted by Gasteiger charge is 2.35. The van der Waals surface area contributed by atoms with Gasteiger partial charge in [-0.1, -0.05) is 90.4 Å². The molecule has 0 bridgehead atoms. The van der Waals surface area contributed by atoms with Gasteiger partial charge in [-0.2, -0.15) is 0 Å². The first-order valence-corrected chi connectivity index (χ1v) is 16.5. The fourth-order valence-electron chi connectivity index (χ4n) is 5.06. The van der Waals surface area contributed by atoms with Crippen LogP contribution in [0.2, 0.25) is 20.1 Å². The molecule has 3 aromatic carbocycles. The molecule has 1 atom stereocenters. The van der Waals surface area contributed by atoms with E-state index in [1.807, 2.05) is 0 Å². The van der Waals surface area contributed by atoms with E-state index < -0.39 is 28.5 Å². The second kappa shape index (κ2) is 14.3. The van der Waals surface area contributed by atoms with Crippen LogP contribution in [0.3, 0.4) is 0 Å². The van der Waals surface area contributed by atoms with Gasteiger partial charge >= 0.3 is 0 Å². The molecule has 0 aliphatic heterocycles. The van der Waals surface area contributed by atoms with Gasteiger partial charge in [0, 0.05) is 33.2 Å². The number of sulfonamides is 1. The highest BCUT2D eigenvalue weighted by atomic mass is 35.5. The average molecular weight is 671 g/mol. The summed E-state index contributed by atoms with van der Waals surface area (Å²) in [6, 6.07) is 16.1. The lowest BCUT2D eigenvalue weighted by Crippen LogP contribution is -2.53. The van der Waals surface area contributed by atoms with Crippen LogP contribution in [0.4, 0.5) is 5.69 Å². The number of hydrogen-bond acceptors (Lipinski definition) is 4. The Labute approximate surface area is 266 Å². The van der Waals surface area contributed by atoms with Gasteiger partial charge in [0.05, 0.1) is 15.6 Å². The molecule has 0 unspecified atom stereocenters. The molecule has 3 aromatic rings. The number of hydrogen-bond donors (Lipinski definition) is 1. The zero-order valence-corrected chi connectivity index (χ0v) is 26.7. The minimum absolute atomic E-state index is 0.0234. The predicted molar refractivity (Wildman–Crippen MR) is 169 cm³/mol. The van der Waals surface area contributed by atoms with Gasteiger partial charge in [-0.25, -0.2) is 8.42 Å². The van der Waals surface area contributed by atoms with Gasteiger partial charge in [0.2, 0.25) is 11.8 Å². The maximum atomic E-state index is 14.2. The molecule has 0 heterocycles. The Morgan fingerprint density at radius 2 is 1.55 bits per heavy atom. The molecule has 0 aromatic heterocycles. The summed E-state index contributed by atoms with van der Waals surface area (Å²) in [4.78, 5) is 29.1. The predicted octanol–water partition coefficient (Wildman–Crippen LogP) is 7.36. The fourth-order valence-corrected chi connectivity index (χ4v) is 7.59. The molecule has 1 aliphatic rings. The fraction of sp³-hybridized carbons (Fsp3) is 0.333.